The molecule has 1 aromatic rings. The van der Waals surface area contributed by atoms with Crippen LogP contribution in [-0.2, 0) is 22.7 Å². The second-order valence-corrected chi connectivity index (χ2v) is 3.31. The number of hydrogen-bond donors (Lipinski definition) is 1. The van der Waals surface area contributed by atoms with Crippen molar-refractivity contribution in [3.05, 3.63) is 34.3 Å². The van der Waals surface area contributed by atoms with Gasteiger partial charge in [0.25, 0.3) is 0 Å². The molecule has 0 saturated carbocycles. The molecule has 0 aliphatic rings. The molecule has 0 aromatic heterocycles. The zero-order valence-electron chi connectivity index (χ0n) is 8.34. The molecular weight excluding hydrogens is 202 g/mol. The maximum Gasteiger partial charge on any atom is 0.0716 e. The normalized spacial score (nSPS) is 10.5. The van der Waals surface area contributed by atoms with E-state index in [1.54, 1.807) is 14.2 Å². The van der Waals surface area contributed by atoms with Crippen molar-refractivity contribution in [1.29, 1.82) is 0 Å². The van der Waals surface area contributed by atoms with Crippen LogP contribution >= 0.6 is 11.6 Å². The smallest absolute Gasteiger partial charge is 0.0716 e. The first-order valence-electron chi connectivity index (χ1n) is 4.30. The minimum absolute atomic E-state index is 0.557. The monoisotopic (exact) mass is 215 g/mol. The Labute approximate surface area is 88.9 Å². The Bertz CT molecular complexity index is 291. The molecule has 0 unspecified atom stereocenters. The van der Waals surface area contributed by atoms with Crippen LogP contribution in [0.4, 0.5) is 0 Å². The zero-order chi connectivity index (χ0) is 10.4. The van der Waals surface area contributed by atoms with E-state index in [0.717, 1.165) is 16.1 Å². The summed E-state index contributed by atoms with van der Waals surface area (Å²) >= 11 is 5.88. The molecular formula is C10H14ClNO2. The second kappa shape index (κ2) is 5.98. The van der Waals surface area contributed by atoms with E-state index >= 15 is 0 Å². The van der Waals surface area contributed by atoms with Crippen molar-refractivity contribution in [1.82, 2.24) is 5.48 Å². The summed E-state index contributed by atoms with van der Waals surface area (Å²) in [5.41, 5.74) is 4.98. The number of hydroxylamine groups is 1. The van der Waals surface area contributed by atoms with Crippen molar-refractivity contribution in [2.75, 3.05) is 14.2 Å². The molecule has 0 atom stereocenters. The summed E-state index contributed by atoms with van der Waals surface area (Å²) in [5, 5.41) is 0.721. The van der Waals surface area contributed by atoms with E-state index in [1.165, 1.54) is 0 Å². The predicted octanol–water partition coefficient (Wildman–Crippen LogP) is 2.14. The molecule has 4 heteroatoms. The molecule has 0 spiro atoms. The summed E-state index contributed by atoms with van der Waals surface area (Å²) in [7, 11) is 3.25. The van der Waals surface area contributed by atoms with Gasteiger partial charge in [0.05, 0.1) is 13.7 Å². The Kier molecular flexibility index (Phi) is 4.90. The van der Waals surface area contributed by atoms with Crippen LogP contribution in [0.5, 0.6) is 0 Å². The van der Waals surface area contributed by atoms with Gasteiger partial charge in [0.15, 0.2) is 0 Å². The van der Waals surface area contributed by atoms with E-state index in [1.807, 2.05) is 18.2 Å². The summed E-state index contributed by atoms with van der Waals surface area (Å²) in [4.78, 5) is 4.79. The lowest BCUT2D eigenvalue weighted by Crippen LogP contribution is -2.12. The fourth-order valence-electron chi connectivity index (χ4n) is 1.21. The molecule has 0 radical (unpaired) electrons. The van der Waals surface area contributed by atoms with Crippen LogP contribution in [0.15, 0.2) is 18.2 Å². The number of nitrogens with one attached hydrogen (secondary N) is 1. The van der Waals surface area contributed by atoms with Crippen LogP contribution in [0.3, 0.4) is 0 Å². The highest BCUT2D eigenvalue weighted by Gasteiger charge is 2.02. The van der Waals surface area contributed by atoms with E-state index in [4.69, 9.17) is 21.2 Å². The average Bonchev–Trinajstić information content (AvgIpc) is 2.17. The number of rotatable bonds is 5. The Balaban J connectivity index is 2.78. The lowest BCUT2D eigenvalue weighted by Gasteiger charge is -2.09. The number of benzene rings is 1. The molecule has 0 fully saturated rings. The molecule has 0 aliphatic carbocycles. The van der Waals surface area contributed by atoms with Crippen LogP contribution in [0.25, 0.3) is 0 Å². The maximum atomic E-state index is 5.88. The van der Waals surface area contributed by atoms with Crippen molar-refractivity contribution >= 4 is 11.6 Å². The SMILES string of the molecule is COCc1cc(Cl)ccc1CNOC. The van der Waals surface area contributed by atoms with Crippen LogP contribution in [0, 0.1) is 0 Å². The number of halogens is 1. The quantitative estimate of drug-likeness (QED) is 0.764. The summed E-state index contributed by atoms with van der Waals surface area (Å²) < 4.78 is 5.08. The van der Waals surface area contributed by atoms with Crippen molar-refractivity contribution < 1.29 is 9.57 Å². The fourth-order valence-corrected chi connectivity index (χ4v) is 1.40. The van der Waals surface area contributed by atoms with Gasteiger partial charge >= 0.3 is 0 Å². The molecule has 1 aromatic carbocycles. The van der Waals surface area contributed by atoms with Gasteiger partial charge in [0.1, 0.15) is 0 Å². The zero-order valence-corrected chi connectivity index (χ0v) is 9.10. The summed E-state index contributed by atoms with van der Waals surface area (Å²) in [6.07, 6.45) is 0. The van der Waals surface area contributed by atoms with Crippen LogP contribution in [0.1, 0.15) is 11.1 Å². The second-order valence-electron chi connectivity index (χ2n) is 2.87. The van der Waals surface area contributed by atoms with Crippen LogP contribution < -0.4 is 5.48 Å². The van der Waals surface area contributed by atoms with Crippen LogP contribution in [-0.4, -0.2) is 14.2 Å². The molecule has 0 bridgehead atoms. The highest BCUT2D eigenvalue weighted by Crippen LogP contribution is 2.16. The van der Waals surface area contributed by atoms with Crippen molar-refractivity contribution in [2.24, 2.45) is 0 Å². The molecule has 78 valence electrons. The van der Waals surface area contributed by atoms with Crippen molar-refractivity contribution in [3.63, 3.8) is 0 Å². The Morgan fingerprint density at radius 1 is 1.29 bits per heavy atom. The molecule has 1 N–H and O–H groups in total. The lowest BCUT2D eigenvalue weighted by molar-refractivity contribution is 0.0859. The first-order valence-corrected chi connectivity index (χ1v) is 4.67. The maximum absolute atomic E-state index is 5.88. The molecule has 1 rings (SSSR count). The Morgan fingerprint density at radius 3 is 2.71 bits per heavy atom. The minimum Gasteiger partial charge on any atom is -0.380 e. The first-order chi connectivity index (χ1) is 6.77. The molecule has 0 saturated heterocycles. The van der Waals surface area contributed by atoms with Gasteiger partial charge in [-0.05, 0) is 23.3 Å². The van der Waals surface area contributed by atoms with Gasteiger partial charge in [-0.3, -0.25) is 0 Å². The Morgan fingerprint density at radius 2 is 2.07 bits per heavy atom. The summed E-state index contributed by atoms with van der Waals surface area (Å²) in [5.74, 6) is 0. The molecule has 0 amide bonds. The third kappa shape index (κ3) is 3.27. The van der Waals surface area contributed by atoms with Crippen molar-refractivity contribution in [2.45, 2.75) is 13.2 Å². The topological polar surface area (TPSA) is 30.5 Å². The van der Waals surface area contributed by atoms with Gasteiger partial charge in [-0.2, -0.15) is 5.48 Å². The number of ether oxygens (including phenoxy) is 1. The Hall–Kier alpha value is -0.610. The predicted molar refractivity (Wildman–Crippen MR) is 56.0 cm³/mol. The largest absolute Gasteiger partial charge is 0.380 e. The molecule has 0 heterocycles. The van der Waals surface area contributed by atoms with Gasteiger partial charge in [-0.15, -0.1) is 0 Å². The summed E-state index contributed by atoms with van der Waals surface area (Å²) in [6, 6.07) is 5.72. The third-order valence-corrected chi connectivity index (χ3v) is 2.11. The molecule has 3 nitrogen and oxygen atoms in total. The average molecular weight is 216 g/mol. The van der Waals surface area contributed by atoms with Crippen LogP contribution in [0.2, 0.25) is 5.02 Å². The van der Waals surface area contributed by atoms with Gasteiger partial charge in [0, 0.05) is 18.7 Å². The molecule has 14 heavy (non-hydrogen) atoms. The van der Waals surface area contributed by atoms with Gasteiger partial charge in [-0.1, -0.05) is 17.7 Å². The lowest BCUT2D eigenvalue weighted by atomic mass is 10.1. The third-order valence-electron chi connectivity index (χ3n) is 1.88. The highest BCUT2D eigenvalue weighted by atomic mass is 35.5. The minimum atomic E-state index is 0.557. The standard InChI is InChI=1S/C10H14ClNO2/c1-13-7-9-5-10(11)4-3-8(9)6-12-14-2/h3-5,12H,6-7H2,1-2H3. The first kappa shape index (κ1) is 11.5. The fraction of sp³-hybridized carbons (Fsp3) is 0.400. The van der Waals surface area contributed by atoms with E-state index in [0.29, 0.717) is 13.2 Å². The number of hydrogen-bond acceptors (Lipinski definition) is 3. The number of methoxy groups -OCH3 is 1. The van der Waals surface area contributed by atoms with Gasteiger partial charge in [0.2, 0.25) is 0 Å². The summed E-state index contributed by atoms with van der Waals surface area (Å²) in [6.45, 7) is 1.20. The van der Waals surface area contributed by atoms with Gasteiger partial charge < -0.3 is 9.57 Å². The van der Waals surface area contributed by atoms with Gasteiger partial charge in [-0.25, -0.2) is 0 Å². The van der Waals surface area contributed by atoms with E-state index in [9.17, 15) is 0 Å². The highest BCUT2D eigenvalue weighted by molar-refractivity contribution is 6.30. The van der Waals surface area contributed by atoms with E-state index in [-0.39, 0.29) is 0 Å². The van der Waals surface area contributed by atoms with Crippen molar-refractivity contribution in [3.8, 4) is 0 Å². The molecule has 0 aliphatic heterocycles. The van der Waals surface area contributed by atoms with E-state index in [2.05, 4.69) is 5.48 Å². The van der Waals surface area contributed by atoms with E-state index < -0.39 is 0 Å².